The molecule has 17 heavy (non-hydrogen) atoms. The van der Waals surface area contributed by atoms with Crippen LogP contribution in [0.25, 0.3) is 0 Å². The van der Waals surface area contributed by atoms with Crippen molar-refractivity contribution >= 4 is 11.6 Å². The van der Waals surface area contributed by atoms with Gasteiger partial charge in [-0.25, -0.2) is 0 Å². The van der Waals surface area contributed by atoms with Gasteiger partial charge in [0.1, 0.15) is 0 Å². The summed E-state index contributed by atoms with van der Waals surface area (Å²) in [4.78, 5) is 0. The summed E-state index contributed by atoms with van der Waals surface area (Å²) in [6.07, 6.45) is 4.47. The Labute approximate surface area is 110 Å². The SMILES string of the molecule is CCc1nn(CCCC(C)C)c(CC)c1CCl. The van der Waals surface area contributed by atoms with E-state index in [-0.39, 0.29) is 0 Å². The highest BCUT2D eigenvalue weighted by molar-refractivity contribution is 6.17. The van der Waals surface area contributed by atoms with Crippen LogP contribution in [0, 0.1) is 5.92 Å². The Morgan fingerprint density at radius 1 is 1.24 bits per heavy atom. The molecular formula is C14H25ClN2. The van der Waals surface area contributed by atoms with Crippen LogP contribution in [0.1, 0.15) is 57.5 Å². The fourth-order valence-electron chi connectivity index (χ4n) is 2.26. The van der Waals surface area contributed by atoms with E-state index >= 15 is 0 Å². The largest absolute Gasteiger partial charge is 0.269 e. The lowest BCUT2D eigenvalue weighted by Gasteiger charge is -2.08. The molecule has 0 spiro atoms. The van der Waals surface area contributed by atoms with E-state index < -0.39 is 0 Å². The van der Waals surface area contributed by atoms with Gasteiger partial charge in [0.15, 0.2) is 0 Å². The predicted octanol–water partition coefficient (Wildman–Crippen LogP) is 4.18. The van der Waals surface area contributed by atoms with E-state index in [0.717, 1.165) is 25.3 Å². The van der Waals surface area contributed by atoms with Crippen molar-refractivity contribution in [2.24, 2.45) is 5.92 Å². The van der Waals surface area contributed by atoms with Crippen LogP contribution in [0.3, 0.4) is 0 Å². The number of rotatable bonds is 7. The lowest BCUT2D eigenvalue weighted by atomic mass is 10.1. The van der Waals surface area contributed by atoms with Crippen LogP contribution in [-0.2, 0) is 25.3 Å². The summed E-state index contributed by atoms with van der Waals surface area (Å²) in [5, 5.41) is 4.70. The van der Waals surface area contributed by atoms with Crippen molar-refractivity contribution in [1.82, 2.24) is 9.78 Å². The Bertz CT molecular complexity index is 342. The van der Waals surface area contributed by atoms with Gasteiger partial charge in [-0.2, -0.15) is 5.10 Å². The lowest BCUT2D eigenvalue weighted by molar-refractivity contribution is 0.479. The highest BCUT2D eigenvalue weighted by Crippen LogP contribution is 2.19. The van der Waals surface area contributed by atoms with Gasteiger partial charge in [0.2, 0.25) is 0 Å². The fraction of sp³-hybridized carbons (Fsp3) is 0.786. The molecule has 3 heteroatoms. The summed E-state index contributed by atoms with van der Waals surface area (Å²) < 4.78 is 2.18. The van der Waals surface area contributed by atoms with Gasteiger partial charge in [0.05, 0.1) is 11.6 Å². The molecule has 0 saturated carbocycles. The Morgan fingerprint density at radius 3 is 2.41 bits per heavy atom. The number of halogens is 1. The van der Waals surface area contributed by atoms with Crippen molar-refractivity contribution in [2.45, 2.75) is 65.8 Å². The van der Waals surface area contributed by atoms with E-state index in [1.54, 1.807) is 0 Å². The summed E-state index contributed by atoms with van der Waals surface area (Å²) >= 11 is 6.04. The molecule has 0 saturated heterocycles. The number of nitrogens with zero attached hydrogens (tertiary/aromatic N) is 2. The second-order valence-corrected chi connectivity index (χ2v) is 5.24. The molecule has 0 fully saturated rings. The minimum Gasteiger partial charge on any atom is -0.269 e. The van der Waals surface area contributed by atoms with E-state index in [4.69, 9.17) is 16.7 Å². The maximum Gasteiger partial charge on any atom is 0.0668 e. The first-order valence-electron chi connectivity index (χ1n) is 6.77. The zero-order valence-electron chi connectivity index (χ0n) is 11.6. The first-order valence-corrected chi connectivity index (χ1v) is 7.30. The minimum absolute atomic E-state index is 0.594. The number of alkyl halides is 1. The van der Waals surface area contributed by atoms with E-state index in [1.807, 2.05) is 0 Å². The molecule has 1 aromatic rings. The van der Waals surface area contributed by atoms with Crippen LogP contribution in [-0.4, -0.2) is 9.78 Å². The first-order chi connectivity index (χ1) is 8.13. The van der Waals surface area contributed by atoms with Gasteiger partial charge in [-0.1, -0.05) is 27.7 Å². The van der Waals surface area contributed by atoms with Crippen LogP contribution in [0.15, 0.2) is 0 Å². The summed E-state index contributed by atoms with van der Waals surface area (Å²) in [7, 11) is 0. The molecular weight excluding hydrogens is 232 g/mol. The molecule has 1 aromatic heterocycles. The molecule has 0 aliphatic heterocycles. The highest BCUT2D eigenvalue weighted by atomic mass is 35.5. The molecule has 1 rings (SSSR count). The van der Waals surface area contributed by atoms with Crippen molar-refractivity contribution in [3.63, 3.8) is 0 Å². The van der Waals surface area contributed by atoms with Gasteiger partial charge in [0.25, 0.3) is 0 Å². The summed E-state index contributed by atoms with van der Waals surface area (Å²) in [6.45, 7) is 9.91. The van der Waals surface area contributed by atoms with Gasteiger partial charge in [-0.05, 0) is 31.6 Å². The van der Waals surface area contributed by atoms with Gasteiger partial charge in [-0.3, -0.25) is 4.68 Å². The Kier molecular flexibility index (Phi) is 6.04. The normalized spacial score (nSPS) is 11.4. The third-order valence-corrected chi connectivity index (χ3v) is 3.47. The highest BCUT2D eigenvalue weighted by Gasteiger charge is 2.14. The Balaban J connectivity index is 2.80. The third-order valence-electron chi connectivity index (χ3n) is 3.20. The van der Waals surface area contributed by atoms with Crippen molar-refractivity contribution in [2.75, 3.05) is 0 Å². The quantitative estimate of drug-likeness (QED) is 0.669. The van der Waals surface area contributed by atoms with Crippen LogP contribution in [0.4, 0.5) is 0 Å². The number of aryl methyl sites for hydroxylation is 2. The number of hydrogen-bond acceptors (Lipinski definition) is 1. The molecule has 98 valence electrons. The van der Waals surface area contributed by atoms with Gasteiger partial charge >= 0.3 is 0 Å². The third kappa shape index (κ3) is 3.74. The van der Waals surface area contributed by atoms with Gasteiger partial charge in [0, 0.05) is 17.8 Å². The maximum absolute atomic E-state index is 6.04. The number of aromatic nitrogens is 2. The molecule has 0 atom stereocenters. The van der Waals surface area contributed by atoms with Crippen LogP contribution >= 0.6 is 11.6 Å². The van der Waals surface area contributed by atoms with Gasteiger partial charge < -0.3 is 0 Å². The van der Waals surface area contributed by atoms with Crippen LogP contribution < -0.4 is 0 Å². The molecule has 2 nitrogen and oxygen atoms in total. The van der Waals surface area contributed by atoms with Crippen molar-refractivity contribution < 1.29 is 0 Å². The summed E-state index contributed by atoms with van der Waals surface area (Å²) in [6, 6.07) is 0. The molecule has 0 amide bonds. The van der Waals surface area contributed by atoms with E-state index in [1.165, 1.54) is 29.8 Å². The molecule has 0 N–H and O–H groups in total. The smallest absolute Gasteiger partial charge is 0.0668 e. The molecule has 0 aliphatic rings. The van der Waals surface area contributed by atoms with Crippen molar-refractivity contribution in [3.8, 4) is 0 Å². The van der Waals surface area contributed by atoms with Crippen molar-refractivity contribution in [3.05, 3.63) is 17.0 Å². The lowest BCUT2D eigenvalue weighted by Crippen LogP contribution is -2.06. The number of hydrogen-bond donors (Lipinski definition) is 0. The van der Waals surface area contributed by atoms with Gasteiger partial charge in [-0.15, -0.1) is 11.6 Å². The second-order valence-electron chi connectivity index (χ2n) is 4.97. The summed E-state index contributed by atoms with van der Waals surface area (Å²) in [5.41, 5.74) is 3.78. The van der Waals surface area contributed by atoms with Crippen molar-refractivity contribution in [1.29, 1.82) is 0 Å². The van der Waals surface area contributed by atoms with E-state index in [9.17, 15) is 0 Å². The molecule has 0 aliphatic carbocycles. The van der Waals surface area contributed by atoms with Crippen LogP contribution in [0.5, 0.6) is 0 Å². The van der Waals surface area contributed by atoms with Crippen LogP contribution in [0.2, 0.25) is 0 Å². The zero-order valence-corrected chi connectivity index (χ0v) is 12.3. The average molecular weight is 257 g/mol. The molecule has 0 bridgehead atoms. The standard InChI is InChI=1S/C14H25ClN2/c1-5-13-12(10-15)14(6-2)17(16-13)9-7-8-11(3)4/h11H,5-10H2,1-4H3. The zero-order chi connectivity index (χ0) is 12.8. The second kappa shape index (κ2) is 7.05. The first kappa shape index (κ1) is 14.6. The predicted molar refractivity (Wildman–Crippen MR) is 74.6 cm³/mol. The van der Waals surface area contributed by atoms with E-state index in [2.05, 4.69) is 32.4 Å². The fourth-order valence-corrected chi connectivity index (χ4v) is 2.57. The molecule has 0 radical (unpaired) electrons. The monoisotopic (exact) mass is 256 g/mol. The molecule has 0 aromatic carbocycles. The molecule has 1 heterocycles. The maximum atomic E-state index is 6.04. The molecule has 0 unspecified atom stereocenters. The minimum atomic E-state index is 0.594. The Morgan fingerprint density at radius 2 is 1.94 bits per heavy atom. The average Bonchev–Trinajstić information content (AvgIpc) is 2.65. The Hall–Kier alpha value is -0.500. The van der Waals surface area contributed by atoms with E-state index in [0.29, 0.717) is 5.88 Å². The summed E-state index contributed by atoms with van der Waals surface area (Å²) in [5.74, 6) is 1.37. The topological polar surface area (TPSA) is 17.8 Å².